The van der Waals surface area contributed by atoms with E-state index in [1.54, 1.807) is 0 Å². The van der Waals surface area contributed by atoms with Gasteiger partial charge < -0.3 is 0 Å². The van der Waals surface area contributed by atoms with Crippen LogP contribution in [0.1, 0.15) is 0 Å². The second-order valence-electron chi connectivity index (χ2n) is 2.53. The molecule has 1 saturated heterocycles. The summed E-state index contributed by atoms with van der Waals surface area (Å²) in [5, 5.41) is 1.70. The first-order valence-corrected chi connectivity index (χ1v) is 4.69. The fourth-order valence-electron chi connectivity index (χ4n) is 0.961. The summed E-state index contributed by atoms with van der Waals surface area (Å²) in [7, 11) is 0. The predicted molar refractivity (Wildman–Crippen MR) is 56.5 cm³/mol. The molecule has 1 aromatic rings. The highest BCUT2D eigenvalue weighted by atomic mass is 32.2. The summed E-state index contributed by atoms with van der Waals surface area (Å²) in [6, 6.07) is 9.80. The van der Waals surface area contributed by atoms with Crippen LogP contribution in [0.15, 0.2) is 46.9 Å². The largest absolute Gasteiger partial charge is 0.293 e. The van der Waals surface area contributed by atoms with Crippen molar-refractivity contribution in [2.24, 2.45) is 4.99 Å². The number of hydrogen-bond donors (Lipinski definition) is 2. The van der Waals surface area contributed by atoms with Crippen LogP contribution in [0, 0.1) is 0 Å². The van der Waals surface area contributed by atoms with Gasteiger partial charge in [0.15, 0.2) is 5.17 Å². The highest BCUT2D eigenvalue weighted by molar-refractivity contribution is 8.17. The zero-order chi connectivity index (χ0) is 9.10. The van der Waals surface area contributed by atoms with Crippen molar-refractivity contribution in [2.45, 2.75) is 0 Å². The van der Waals surface area contributed by atoms with Gasteiger partial charge in [0.2, 0.25) is 0 Å². The molecule has 3 nitrogen and oxygen atoms in total. The maximum atomic E-state index is 4.35. The van der Waals surface area contributed by atoms with Crippen molar-refractivity contribution >= 4 is 22.6 Å². The third-order valence-corrected chi connectivity index (χ3v) is 2.25. The Hall–Kier alpha value is -1.42. The van der Waals surface area contributed by atoms with E-state index in [9.17, 15) is 0 Å². The monoisotopic (exact) mass is 191 g/mol. The Morgan fingerprint density at radius 1 is 1.15 bits per heavy atom. The van der Waals surface area contributed by atoms with E-state index in [1.165, 1.54) is 11.8 Å². The molecule has 1 aliphatic heterocycles. The van der Waals surface area contributed by atoms with Crippen molar-refractivity contribution in [1.29, 1.82) is 0 Å². The minimum Gasteiger partial charge on any atom is -0.293 e. The maximum Gasteiger partial charge on any atom is 0.186 e. The van der Waals surface area contributed by atoms with Crippen LogP contribution in [-0.2, 0) is 0 Å². The van der Waals surface area contributed by atoms with E-state index in [-0.39, 0.29) is 0 Å². The molecular weight excluding hydrogens is 182 g/mol. The van der Waals surface area contributed by atoms with Crippen LogP contribution >= 0.6 is 11.8 Å². The molecule has 2 rings (SSSR count). The summed E-state index contributed by atoms with van der Waals surface area (Å²) in [6.07, 6.45) is 0. The fraction of sp³-hybridized carbons (Fsp3) is 0. The van der Waals surface area contributed by atoms with Crippen LogP contribution < -0.4 is 10.9 Å². The lowest BCUT2D eigenvalue weighted by Crippen LogP contribution is -2.24. The number of nitrogens with one attached hydrogen (secondary N) is 2. The third-order valence-electron chi connectivity index (χ3n) is 1.52. The van der Waals surface area contributed by atoms with E-state index in [0.717, 1.165) is 15.9 Å². The number of benzene rings is 1. The Morgan fingerprint density at radius 2 is 1.92 bits per heavy atom. The van der Waals surface area contributed by atoms with Gasteiger partial charge in [-0.15, -0.1) is 0 Å². The number of aliphatic imine (C=N–C) groups is 1. The molecule has 0 aliphatic carbocycles. The number of thioether (sulfide) groups is 1. The number of para-hydroxylation sites is 1. The fourth-order valence-corrected chi connectivity index (χ4v) is 1.55. The summed E-state index contributed by atoms with van der Waals surface area (Å²) in [6.45, 7) is 3.75. The molecule has 13 heavy (non-hydrogen) atoms. The van der Waals surface area contributed by atoms with Crippen molar-refractivity contribution in [3.05, 3.63) is 41.9 Å². The number of nitrogens with zero attached hydrogens (tertiary/aromatic N) is 1. The van der Waals surface area contributed by atoms with E-state index in [1.807, 2.05) is 30.3 Å². The quantitative estimate of drug-likeness (QED) is 0.712. The van der Waals surface area contributed by atoms with Crippen LogP contribution in [0.25, 0.3) is 0 Å². The van der Waals surface area contributed by atoms with Crippen molar-refractivity contribution in [1.82, 2.24) is 10.9 Å². The summed E-state index contributed by atoms with van der Waals surface area (Å²) < 4.78 is 0. The minimum absolute atomic E-state index is 0.830. The molecule has 1 aliphatic rings. The summed E-state index contributed by atoms with van der Waals surface area (Å²) in [5.74, 6) is 0. The van der Waals surface area contributed by atoms with Crippen LogP contribution in [0.3, 0.4) is 0 Å². The van der Waals surface area contributed by atoms with Crippen LogP contribution in [0.2, 0.25) is 0 Å². The normalized spacial score (nSPS) is 18.5. The molecular formula is C9H9N3S. The Labute approximate surface area is 80.9 Å². The van der Waals surface area contributed by atoms with Gasteiger partial charge in [0.1, 0.15) is 0 Å². The van der Waals surface area contributed by atoms with Gasteiger partial charge >= 0.3 is 0 Å². The molecule has 0 bridgehead atoms. The molecule has 0 saturated carbocycles. The third kappa shape index (κ3) is 2.03. The van der Waals surface area contributed by atoms with Crippen molar-refractivity contribution in [2.75, 3.05) is 0 Å². The van der Waals surface area contributed by atoms with Gasteiger partial charge in [0.05, 0.1) is 10.7 Å². The molecule has 66 valence electrons. The second kappa shape index (κ2) is 3.53. The number of hydrazine groups is 1. The minimum atomic E-state index is 0.830. The van der Waals surface area contributed by atoms with Crippen molar-refractivity contribution in [3.63, 3.8) is 0 Å². The molecule has 0 radical (unpaired) electrons. The number of hydrogen-bond acceptors (Lipinski definition) is 3. The SMILES string of the molecule is C=C1NNC(=Nc2ccccc2)S1. The summed E-state index contributed by atoms with van der Waals surface area (Å²) >= 11 is 1.49. The Bertz CT molecular complexity index is 345. The molecule has 4 heteroatoms. The smallest absolute Gasteiger partial charge is 0.186 e. The first kappa shape index (κ1) is 8.19. The highest BCUT2D eigenvalue weighted by Gasteiger charge is 2.10. The lowest BCUT2D eigenvalue weighted by molar-refractivity contribution is 0.835. The average Bonchev–Trinajstić information content (AvgIpc) is 2.53. The Kier molecular flexibility index (Phi) is 2.23. The van der Waals surface area contributed by atoms with Gasteiger partial charge in [-0.05, 0) is 23.9 Å². The van der Waals surface area contributed by atoms with E-state index in [2.05, 4.69) is 22.4 Å². The lowest BCUT2D eigenvalue weighted by atomic mass is 10.3. The van der Waals surface area contributed by atoms with Gasteiger partial charge in [-0.3, -0.25) is 10.9 Å². The molecule has 1 heterocycles. The zero-order valence-corrected chi connectivity index (χ0v) is 7.77. The molecule has 0 unspecified atom stereocenters. The van der Waals surface area contributed by atoms with Crippen LogP contribution in [0.5, 0.6) is 0 Å². The first-order valence-electron chi connectivity index (χ1n) is 3.87. The molecule has 0 spiro atoms. The van der Waals surface area contributed by atoms with Gasteiger partial charge in [0.25, 0.3) is 0 Å². The van der Waals surface area contributed by atoms with Crippen LogP contribution in [-0.4, -0.2) is 5.17 Å². The molecule has 2 N–H and O–H groups in total. The van der Waals surface area contributed by atoms with Crippen molar-refractivity contribution < 1.29 is 0 Å². The van der Waals surface area contributed by atoms with Gasteiger partial charge in [-0.25, -0.2) is 4.99 Å². The van der Waals surface area contributed by atoms with Gasteiger partial charge in [-0.1, -0.05) is 24.8 Å². The molecule has 0 aromatic heterocycles. The zero-order valence-electron chi connectivity index (χ0n) is 6.95. The standard InChI is InChI=1S/C9H9N3S/c1-7-11-12-9(13-7)10-8-5-3-2-4-6-8/h2-6,11H,1H2,(H,10,12). The van der Waals surface area contributed by atoms with Gasteiger partial charge in [0, 0.05) is 0 Å². The lowest BCUT2D eigenvalue weighted by Gasteiger charge is -1.95. The van der Waals surface area contributed by atoms with Crippen LogP contribution in [0.4, 0.5) is 5.69 Å². The summed E-state index contributed by atoms with van der Waals surface area (Å²) in [5.41, 5.74) is 6.73. The Morgan fingerprint density at radius 3 is 2.54 bits per heavy atom. The van der Waals surface area contributed by atoms with E-state index in [0.29, 0.717) is 0 Å². The topological polar surface area (TPSA) is 36.4 Å². The first-order chi connectivity index (χ1) is 6.34. The summed E-state index contributed by atoms with van der Waals surface area (Å²) in [4.78, 5) is 4.35. The highest BCUT2D eigenvalue weighted by Crippen LogP contribution is 2.19. The molecule has 0 atom stereocenters. The Balaban J connectivity index is 2.17. The van der Waals surface area contributed by atoms with E-state index < -0.39 is 0 Å². The van der Waals surface area contributed by atoms with Crippen molar-refractivity contribution in [3.8, 4) is 0 Å². The van der Waals surface area contributed by atoms with E-state index in [4.69, 9.17) is 0 Å². The second-order valence-corrected chi connectivity index (χ2v) is 3.61. The van der Waals surface area contributed by atoms with Gasteiger partial charge in [-0.2, -0.15) is 0 Å². The molecule has 1 aromatic carbocycles. The van der Waals surface area contributed by atoms with E-state index >= 15 is 0 Å². The molecule has 0 amide bonds. The number of rotatable bonds is 1. The maximum absolute atomic E-state index is 4.35. The average molecular weight is 191 g/mol. The predicted octanol–water partition coefficient (Wildman–Crippen LogP) is 1.99. The number of amidine groups is 1. The molecule has 1 fully saturated rings.